The smallest absolute Gasteiger partial charge is 0.255 e. The van der Waals surface area contributed by atoms with Gasteiger partial charge in [0.1, 0.15) is 0 Å². The monoisotopic (exact) mass is 287 g/mol. The molecule has 1 saturated heterocycles. The largest absolute Gasteiger partial charge is 0.338 e. The summed E-state index contributed by atoms with van der Waals surface area (Å²) in [6, 6.07) is 5.35. The zero-order chi connectivity index (χ0) is 11.0. The van der Waals surface area contributed by atoms with Crippen LogP contribution in [0.2, 0.25) is 5.02 Å². The Morgan fingerprint density at radius 3 is 2.73 bits per heavy atom. The van der Waals surface area contributed by atoms with Crippen molar-refractivity contribution < 1.29 is 4.79 Å². The lowest BCUT2D eigenvalue weighted by Crippen LogP contribution is -2.48. The third kappa shape index (κ3) is 2.18. The molecule has 0 radical (unpaired) electrons. The molecule has 0 unspecified atom stereocenters. The summed E-state index contributed by atoms with van der Waals surface area (Å²) in [5.41, 5.74) is 0.590. The second-order valence-electron chi connectivity index (χ2n) is 3.94. The Morgan fingerprint density at radius 2 is 2.20 bits per heavy atom. The molecule has 1 aliphatic rings. The highest BCUT2D eigenvalue weighted by molar-refractivity contribution is 9.10. The number of hydrogen-bond acceptors (Lipinski definition) is 1. The van der Waals surface area contributed by atoms with E-state index in [9.17, 15) is 4.79 Å². The number of likely N-dealkylation sites (tertiary alicyclic amines) is 1. The fraction of sp³-hybridized carbons (Fsp3) is 0.364. The molecule has 1 aromatic rings. The van der Waals surface area contributed by atoms with Gasteiger partial charge in [-0.05, 0) is 24.1 Å². The lowest BCUT2D eigenvalue weighted by molar-refractivity contribution is 0.0530. The van der Waals surface area contributed by atoms with Crippen molar-refractivity contribution >= 4 is 33.4 Å². The standard InChI is InChI=1S/C11H11BrClNO/c1-7-5-14(6-7)11(15)9-3-2-8(12)4-10(9)13/h2-4,7H,5-6H2,1H3. The zero-order valence-corrected chi connectivity index (χ0v) is 10.7. The fourth-order valence-electron chi connectivity index (χ4n) is 1.70. The highest BCUT2D eigenvalue weighted by atomic mass is 79.9. The fourth-order valence-corrected chi connectivity index (χ4v) is 2.45. The normalized spacial score (nSPS) is 16.3. The van der Waals surface area contributed by atoms with Gasteiger partial charge in [-0.3, -0.25) is 4.79 Å². The molecule has 1 fully saturated rings. The van der Waals surface area contributed by atoms with Gasteiger partial charge in [0.05, 0.1) is 10.6 Å². The predicted molar refractivity (Wildman–Crippen MR) is 64.2 cm³/mol. The molecular weight excluding hydrogens is 277 g/mol. The molecule has 1 amide bonds. The topological polar surface area (TPSA) is 20.3 Å². The van der Waals surface area contributed by atoms with Crippen molar-refractivity contribution in [2.45, 2.75) is 6.92 Å². The molecule has 0 spiro atoms. The van der Waals surface area contributed by atoms with Crippen molar-refractivity contribution in [1.82, 2.24) is 4.90 Å². The summed E-state index contributed by atoms with van der Waals surface area (Å²) >= 11 is 9.32. The van der Waals surface area contributed by atoms with Crippen LogP contribution >= 0.6 is 27.5 Å². The Kier molecular flexibility index (Phi) is 3.03. The lowest BCUT2D eigenvalue weighted by atomic mass is 10.0. The van der Waals surface area contributed by atoms with E-state index >= 15 is 0 Å². The van der Waals surface area contributed by atoms with E-state index in [1.165, 1.54) is 0 Å². The Morgan fingerprint density at radius 1 is 1.53 bits per heavy atom. The molecule has 0 saturated carbocycles. The van der Waals surface area contributed by atoms with E-state index in [1.807, 2.05) is 11.0 Å². The summed E-state index contributed by atoms with van der Waals surface area (Å²) < 4.78 is 0.890. The SMILES string of the molecule is CC1CN(C(=O)c2ccc(Br)cc2Cl)C1. The lowest BCUT2D eigenvalue weighted by Gasteiger charge is -2.37. The van der Waals surface area contributed by atoms with Crippen LogP contribution < -0.4 is 0 Å². The van der Waals surface area contributed by atoms with Gasteiger partial charge in [-0.25, -0.2) is 0 Å². The van der Waals surface area contributed by atoms with Crippen LogP contribution in [-0.4, -0.2) is 23.9 Å². The average molecular weight is 289 g/mol. The first-order valence-electron chi connectivity index (χ1n) is 4.82. The van der Waals surface area contributed by atoms with Gasteiger partial charge in [0.25, 0.3) is 5.91 Å². The summed E-state index contributed by atoms with van der Waals surface area (Å²) in [4.78, 5) is 13.8. The van der Waals surface area contributed by atoms with Crippen LogP contribution in [0.5, 0.6) is 0 Å². The molecule has 80 valence electrons. The van der Waals surface area contributed by atoms with E-state index in [0.717, 1.165) is 17.6 Å². The van der Waals surface area contributed by atoms with Crippen molar-refractivity contribution in [3.05, 3.63) is 33.3 Å². The number of hydrogen-bond donors (Lipinski definition) is 0. The Labute approximate surface area is 102 Å². The van der Waals surface area contributed by atoms with Gasteiger partial charge in [0, 0.05) is 17.6 Å². The van der Waals surface area contributed by atoms with Crippen LogP contribution in [0.15, 0.2) is 22.7 Å². The number of halogens is 2. The number of rotatable bonds is 1. The van der Waals surface area contributed by atoms with Crippen LogP contribution in [0.25, 0.3) is 0 Å². The van der Waals surface area contributed by atoms with E-state index in [4.69, 9.17) is 11.6 Å². The third-order valence-electron chi connectivity index (χ3n) is 2.51. The molecule has 15 heavy (non-hydrogen) atoms. The number of carbonyl (C=O) groups is 1. The Balaban J connectivity index is 2.19. The first-order chi connectivity index (χ1) is 7.08. The second kappa shape index (κ2) is 4.14. The highest BCUT2D eigenvalue weighted by Gasteiger charge is 2.28. The number of benzene rings is 1. The van der Waals surface area contributed by atoms with E-state index in [0.29, 0.717) is 16.5 Å². The van der Waals surface area contributed by atoms with E-state index in [-0.39, 0.29) is 5.91 Å². The van der Waals surface area contributed by atoms with Crippen LogP contribution in [-0.2, 0) is 0 Å². The molecule has 0 aromatic heterocycles. The summed E-state index contributed by atoms with van der Waals surface area (Å²) in [5, 5.41) is 0.508. The van der Waals surface area contributed by atoms with Crippen LogP contribution in [0.1, 0.15) is 17.3 Å². The number of nitrogens with zero attached hydrogens (tertiary/aromatic N) is 1. The minimum absolute atomic E-state index is 0.0330. The third-order valence-corrected chi connectivity index (χ3v) is 3.32. The van der Waals surface area contributed by atoms with Gasteiger partial charge in [-0.15, -0.1) is 0 Å². The molecule has 1 aromatic carbocycles. The molecule has 0 atom stereocenters. The first-order valence-corrected chi connectivity index (χ1v) is 5.99. The van der Waals surface area contributed by atoms with E-state index in [1.54, 1.807) is 12.1 Å². The molecule has 0 aliphatic carbocycles. The van der Waals surface area contributed by atoms with Gasteiger partial charge in [-0.2, -0.15) is 0 Å². The Hall–Kier alpha value is -0.540. The molecule has 0 bridgehead atoms. The van der Waals surface area contributed by atoms with Crippen molar-refractivity contribution in [3.8, 4) is 0 Å². The van der Waals surface area contributed by atoms with Gasteiger partial charge >= 0.3 is 0 Å². The molecule has 4 heteroatoms. The van der Waals surface area contributed by atoms with Crippen molar-refractivity contribution in [3.63, 3.8) is 0 Å². The maximum Gasteiger partial charge on any atom is 0.255 e. The maximum absolute atomic E-state index is 11.9. The van der Waals surface area contributed by atoms with Crippen molar-refractivity contribution in [1.29, 1.82) is 0 Å². The van der Waals surface area contributed by atoms with Crippen LogP contribution in [0, 0.1) is 5.92 Å². The van der Waals surface area contributed by atoms with Gasteiger partial charge in [-0.1, -0.05) is 34.5 Å². The average Bonchev–Trinajstić information content (AvgIpc) is 2.12. The quantitative estimate of drug-likeness (QED) is 0.777. The minimum Gasteiger partial charge on any atom is -0.338 e. The van der Waals surface area contributed by atoms with E-state index < -0.39 is 0 Å². The second-order valence-corrected chi connectivity index (χ2v) is 5.26. The zero-order valence-electron chi connectivity index (χ0n) is 8.34. The van der Waals surface area contributed by atoms with E-state index in [2.05, 4.69) is 22.9 Å². The molecule has 1 aliphatic heterocycles. The molecule has 2 rings (SSSR count). The summed E-state index contributed by atoms with van der Waals surface area (Å²) in [6.07, 6.45) is 0. The Bertz CT molecular complexity index is 402. The van der Waals surface area contributed by atoms with Crippen molar-refractivity contribution in [2.75, 3.05) is 13.1 Å². The molecular formula is C11H11BrClNO. The molecule has 2 nitrogen and oxygen atoms in total. The molecule has 1 heterocycles. The van der Waals surface area contributed by atoms with Crippen LogP contribution in [0.3, 0.4) is 0 Å². The predicted octanol–water partition coefficient (Wildman–Crippen LogP) is 3.19. The van der Waals surface area contributed by atoms with Gasteiger partial charge in [0.15, 0.2) is 0 Å². The maximum atomic E-state index is 11.9. The van der Waals surface area contributed by atoms with Crippen LogP contribution in [0.4, 0.5) is 0 Å². The summed E-state index contributed by atoms with van der Waals surface area (Å²) in [7, 11) is 0. The minimum atomic E-state index is 0.0330. The summed E-state index contributed by atoms with van der Waals surface area (Å²) in [6.45, 7) is 3.81. The van der Waals surface area contributed by atoms with Gasteiger partial charge in [0.2, 0.25) is 0 Å². The molecule has 0 N–H and O–H groups in total. The highest BCUT2D eigenvalue weighted by Crippen LogP contribution is 2.25. The number of amides is 1. The summed E-state index contributed by atoms with van der Waals surface area (Å²) in [5.74, 6) is 0.647. The van der Waals surface area contributed by atoms with Crippen molar-refractivity contribution in [2.24, 2.45) is 5.92 Å². The number of carbonyl (C=O) groups excluding carboxylic acids is 1. The van der Waals surface area contributed by atoms with Gasteiger partial charge < -0.3 is 4.90 Å². The first kappa shape index (κ1) is 11.0.